The van der Waals surface area contributed by atoms with Crippen molar-refractivity contribution >= 4 is 21.8 Å². The predicted molar refractivity (Wildman–Crippen MR) is 63.8 cm³/mol. The van der Waals surface area contributed by atoms with E-state index in [2.05, 4.69) is 26.2 Å². The van der Waals surface area contributed by atoms with Gasteiger partial charge in [0.05, 0.1) is 16.4 Å². The smallest absolute Gasteiger partial charge is 0.172 e. The van der Waals surface area contributed by atoms with Crippen molar-refractivity contribution in [1.82, 2.24) is 9.78 Å². The molecule has 0 bridgehead atoms. The van der Waals surface area contributed by atoms with Crippen LogP contribution in [0.3, 0.4) is 0 Å². The van der Waals surface area contributed by atoms with E-state index in [-0.39, 0.29) is 5.84 Å². The van der Waals surface area contributed by atoms with Crippen molar-refractivity contribution in [3.8, 4) is 5.69 Å². The van der Waals surface area contributed by atoms with Crippen molar-refractivity contribution in [2.75, 3.05) is 0 Å². The molecule has 0 spiro atoms. The first-order chi connectivity index (χ1) is 7.72. The molecular formula is C10H9BrN4O. The van der Waals surface area contributed by atoms with Crippen LogP contribution in [0.15, 0.2) is 46.3 Å². The molecule has 16 heavy (non-hydrogen) atoms. The third-order valence-electron chi connectivity index (χ3n) is 2.09. The van der Waals surface area contributed by atoms with Crippen LogP contribution in [0.2, 0.25) is 0 Å². The Bertz CT molecular complexity index is 535. The van der Waals surface area contributed by atoms with Crippen LogP contribution in [-0.2, 0) is 0 Å². The van der Waals surface area contributed by atoms with E-state index in [0.29, 0.717) is 5.56 Å². The Balaban J connectivity index is 2.57. The van der Waals surface area contributed by atoms with Crippen LogP contribution in [0.25, 0.3) is 5.69 Å². The summed E-state index contributed by atoms with van der Waals surface area (Å²) in [6.45, 7) is 0. The Labute approximate surface area is 100 Å². The first kappa shape index (κ1) is 10.7. The molecule has 0 aliphatic rings. The summed E-state index contributed by atoms with van der Waals surface area (Å²) in [6, 6.07) is 7.28. The van der Waals surface area contributed by atoms with Crippen LogP contribution in [0, 0.1) is 0 Å². The molecule has 3 N–H and O–H groups in total. The number of nitrogens with two attached hydrogens (primary N) is 1. The van der Waals surface area contributed by atoms with Crippen LogP contribution >= 0.6 is 15.9 Å². The quantitative estimate of drug-likeness (QED) is 0.381. The summed E-state index contributed by atoms with van der Waals surface area (Å²) < 4.78 is 2.51. The minimum absolute atomic E-state index is 0.0576. The van der Waals surface area contributed by atoms with Gasteiger partial charge < -0.3 is 10.9 Å². The van der Waals surface area contributed by atoms with Crippen LogP contribution in [0.5, 0.6) is 0 Å². The van der Waals surface area contributed by atoms with Gasteiger partial charge in [-0.2, -0.15) is 5.10 Å². The van der Waals surface area contributed by atoms with E-state index in [1.54, 1.807) is 23.1 Å². The molecule has 0 atom stereocenters. The Morgan fingerprint density at radius 3 is 2.81 bits per heavy atom. The van der Waals surface area contributed by atoms with Crippen LogP contribution < -0.4 is 5.73 Å². The van der Waals surface area contributed by atoms with Gasteiger partial charge in [-0.05, 0) is 28.1 Å². The Hall–Kier alpha value is -1.82. The molecule has 6 heteroatoms. The molecule has 1 heterocycles. The molecule has 0 saturated carbocycles. The number of halogens is 1. The molecule has 0 unspecified atom stereocenters. The van der Waals surface area contributed by atoms with Crippen LogP contribution in [0.1, 0.15) is 5.56 Å². The molecule has 0 radical (unpaired) electrons. The minimum atomic E-state index is 0.0576. The molecule has 5 nitrogen and oxygen atoms in total. The first-order valence-corrected chi connectivity index (χ1v) is 5.29. The summed E-state index contributed by atoms with van der Waals surface area (Å²) in [6.07, 6.45) is 3.46. The van der Waals surface area contributed by atoms with Crippen molar-refractivity contribution in [3.05, 3.63) is 46.7 Å². The average molecular weight is 281 g/mol. The van der Waals surface area contributed by atoms with Gasteiger partial charge in [0, 0.05) is 11.8 Å². The highest BCUT2D eigenvalue weighted by Gasteiger charge is 2.08. The van der Waals surface area contributed by atoms with Gasteiger partial charge in [0.25, 0.3) is 0 Å². The highest BCUT2D eigenvalue weighted by Crippen LogP contribution is 2.16. The van der Waals surface area contributed by atoms with Gasteiger partial charge in [-0.3, -0.25) is 0 Å². The SMILES string of the molecule is N/C(=N\O)c1ccccc1-n1cc(Br)cn1. The maximum absolute atomic E-state index is 8.69. The third-order valence-corrected chi connectivity index (χ3v) is 2.50. The lowest BCUT2D eigenvalue weighted by Crippen LogP contribution is -2.16. The second-order valence-electron chi connectivity index (χ2n) is 3.11. The van der Waals surface area contributed by atoms with Crippen molar-refractivity contribution in [2.45, 2.75) is 0 Å². The molecule has 1 aromatic carbocycles. The molecule has 0 amide bonds. The highest BCUT2D eigenvalue weighted by atomic mass is 79.9. The summed E-state index contributed by atoms with van der Waals surface area (Å²) in [5.41, 5.74) is 6.97. The van der Waals surface area contributed by atoms with Gasteiger partial charge in [0.2, 0.25) is 0 Å². The molecule has 0 aliphatic heterocycles. The topological polar surface area (TPSA) is 76.4 Å². The predicted octanol–water partition coefficient (Wildman–Crippen LogP) is 1.73. The van der Waals surface area contributed by atoms with Gasteiger partial charge in [-0.25, -0.2) is 4.68 Å². The van der Waals surface area contributed by atoms with E-state index in [1.807, 2.05) is 18.2 Å². The Morgan fingerprint density at radius 2 is 2.19 bits per heavy atom. The number of para-hydroxylation sites is 1. The number of nitrogens with zero attached hydrogens (tertiary/aromatic N) is 3. The normalized spacial score (nSPS) is 11.7. The second-order valence-corrected chi connectivity index (χ2v) is 4.02. The average Bonchev–Trinajstić information content (AvgIpc) is 2.75. The molecular weight excluding hydrogens is 272 g/mol. The Morgan fingerprint density at radius 1 is 1.44 bits per heavy atom. The fourth-order valence-corrected chi connectivity index (χ4v) is 1.66. The van der Waals surface area contributed by atoms with Crippen molar-refractivity contribution in [1.29, 1.82) is 0 Å². The van der Waals surface area contributed by atoms with Crippen LogP contribution in [0.4, 0.5) is 0 Å². The molecule has 0 aliphatic carbocycles. The standard InChI is InChI=1S/C10H9BrN4O/c11-7-5-13-15(6-7)9-4-2-1-3-8(9)10(12)14-16/h1-6,16H,(H2,12,14). The molecule has 2 aromatic rings. The highest BCUT2D eigenvalue weighted by molar-refractivity contribution is 9.10. The van der Waals surface area contributed by atoms with Crippen LogP contribution in [-0.4, -0.2) is 20.8 Å². The zero-order valence-electron chi connectivity index (χ0n) is 8.21. The number of oxime groups is 1. The number of rotatable bonds is 2. The zero-order chi connectivity index (χ0) is 11.5. The van der Waals surface area contributed by atoms with Crippen molar-refractivity contribution < 1.29 is 5.21 Å². The summed E-state index contributed by atoms with van der Waals surface area (Å²) in [5.74, 6) is 0.0576. The monoisotopic (exact) mass is 280 g/mol. The molecule has 0 fully saturated rings. The Kier molecular flexibility index (Phi) is 2.91. The minimum Gasteiger partial charge on any atom is -0.409 e. The number of hydrogen-bond acceptors (Lipinski definition) is 3. The van der Waals surface area contributed by atoms with E-state index in [4.69, 9.17) is 10.9 Å². The second kappa shape index (κ2) is 4.36. The fourth-order valence-electron chi connectivity index (χ4n) is 1.38. The number of hydrogen-bond donors (Lipinski definition) is 2. The molecule has 0 saturated heterocycles. The molecule has 82 valence electrons. The number of amidine groups is 1. The van der Waals surface area contributed by atoms with Gasteiger partial charge in [0.15, 0.2) is 5.84 Å². The summed E-state index contributed by atoms with van der Waals surface area (Å²) in [4.78, 5) is 0. The van der Waals surface area contributed by atoms with Gasteiger partial charge in [0.1, 0.15) is 0 Å². The van der Waals surface area contributed by atoms with E-state index in [0.717, 1.165) is 10.2 Å². The largest absolute Gasteiger partial charge is 0.409 e. The molecule has 1 aromatic heterocycles. The number of aromatic nitrogens is 2. The maximum atomic E-state index is 8.69. The summed E-state index contributed by atoms with van der Waals surface area (Å²) in [7, 11) is 0. The maximum Gasteiger partial charge on any atom is 0.172 e. The molecule has 2 rings (SSSR count). The van der Waals surface area contributed by atoms with E-state index < -0.39 is 0 Å². The summed E-state index contributed by atoms with van der Waals surface area (Å²) >= 11 is 3.31. The summed E-state index contributed by atoms with van der Waals surface area (Å²) in [5, 5.41) is 15.8. The third kappa shape index (κ3) is 1.92. The lowest BCUT2D eigenvalue weighted by atomic mass is 10.1. The lowest BCUT2D eigenvalue weighted by Gasteiger charge is -2.07. The van der Waals surface area contributed by atoms with E-state index >= 15 is 0 Å². The van der Waals surface area contributed by atoms with Gasteiger partial charge in [-0.1, -0.05) is 17.3 Å². The van der Waals surface area contributed by atoms with Crippen molar-refractivity contribution in [3.63, 3.8) is 0 Å². The lowest BCUT2D eigenvalue weighted by molar-refractivity contribution is 0.318. The number of benzene rings is 1. The van der Waals surface area contributed by atoms with Gasteiger partial charge >= 0.3 is 0 Å². The first-order valence-electron chi connectivity index (χ1n) is 4.50. The van der Waals surface area contributed by atoms with Crippen molar-refractivity contribution in [2.24, 2.45) is 10.9 Å². The van der Waals surface area contributed by atoms with E-state index in [1.165, 1.54) is 0 Å². The van der Waals surface area contributed by atoms with Gasteiger partial charge in [-0.15, -0.1) is 0 Å². The fraction of sp³-hybridized carbons (Fsp3) is 0. The zero-order valence-corrected chi connectivity index (χ0v) is 9.79. The van der Waals surface area contributed by atoms with E-state index in [9.17, 15) is 0 Å².